The van der Waals surface area contributed by atoms with Crippen molar-refractivity contribution in [2.24, 2.45) is 0 Å². The molecule has 0 heterocycles. The first-order valence-corrected chi connectivity index (χ1v) is 7.82. The molecule has 1 saturated carbocycles. The summed E-state index contributed by atoms with van der Waals surface area (Å²) >= 11 is 0. The highest BCUT2D eigenvalue weighted by Gasteiger charge is 2.18. The molecule has 0 bridgehead atoms. The molecule has 0 atom stereocenters. The second kappa shape index (κ2) is 8.23. The first-order valence-electron chi connectivity index (χ1n) is 7.82. The second-order valence-corrected chi connectivity index (χ2v) is 5.59. The molecule has 0 radical (unpaired) electrons. The molecule has 1 fully saturated rings. The smallest absolute Gasteiger partial charge is 0.262 e. The van der Waals surface area contributed by atoms with Gasteiger partial charge in [0.1, 0.15) is 23.1 Å². The number of benzene rings is 1. The fourth-order valence-electron chi connectivity index (χ4n) is 2.77. The Bertz CT molecular complexity index is 626. The van der Waals surface area contributed by atoms with Crippen LogP contribution in [0.5, 0.6) is 11.5 Å². The van der Waals surface area contributed by atoms with Crippen LogP contribution < -0.4 is 14.8 Å². The second-order valence-electron chi connectivity index (χ2n) is 5.59. The molecule has 1 N–H and O–H groups in total. The Kier molecular flexibility index (Phi) is 6.04. The van der Waals surface area contributed by atoms with Crippen molar-refractivity contribution in [3.05, 3.63) is 29.3 Å². The summed E-state index contributed by atoms with van der Waals surface area (Å²) in [5.41, 5.74) is 0.712. The fourth-order valence-corrected chi connectivity index (χ4v) is 2.77. The summed E-state index contributed by atoms with van der Waals surface area (Å²) < 4.78 is 10.5. The molecule has 122 valence electrons. The molecule has 0 saturated heterocycles. The monoisotopic (exact) mass is 314 g/mol. The molecule has 2 rings (SSSR count). The minimum absolute atomic E-state index is 0.0714. The van der Waals surface area contributed by atoms with Crippen LogP contribution in [0.4, 0.5) is 0 Å². The van der Waals surface area contributed by atoms with Crippen LogP contribution in [0.3, 0.4) is 0 Å². The third-order valence-corrected chi connectivity index (χ3v) is 4.04. The summed E-state index contributed by atoms with van der Waals surface area (Å²) in [6.45, 7) is 0. The maximum Gasteiger partial charge on any atom is 0.262 e. The number of carbonyl (C=O) groups is 1. The molecule has 0 aromatic heterocycles. The van der Waals surface area contributed by atoms with E-state index in [1.54, 1.807) is 38.5 Å². The van der Waals surface area contributed by atoms with Gasteiger partial charge in [-0.3, -0.25) is 4.79 Å². The summed E-state index contributed by atoms with van der Waals surface area (Å²) in [5.74, 6) is 0.898. The third kappa shape index (κ3) is 4.49. The summed E-state index contributed by atoms with van der Waals surface area (Å²) in [6.07, 6.45) is 6.97. The lowest BCUT2D eigenvalue weighted by Gasteiger charge is -2.22. The van der Waals surface area contributed by atoms with Crippen molar-refractivity contribution >= 4 is 12.0 Å². The van der Waals surface area contributed by atoms with Gasteiger partial charge in [-0.1, -0.05) is 19.3 Å². The molecule has 5 heteroatoms. The first kappa shape index (κ1) is 16.9. The molecule has 1 amide bonds. The van der Waals surface area contributed by atoms with Crippen molar-refractivity contribution < 1.29 is 14.3 Å². The van der Waals surface area contributed by atoms with Crippen molar-refractivity contribution in [3.8, 4) is 17.6 Å². The van der Waals surface area contributed by atoms with Gasteiger partial charge in [-0.2, -0.15) is 5.26 Å². The molecule has 0 unspecified atom stereocenters. The van der Waals surface area contributed by atoms with Crippen LogP contribution in [-0.2, 0) is 4.79 Å². The number of amides is 1. The Morgan fingerprint density at radius 1 is 1.26 bits per heavy atom. The summed E-state index contributed by atoms with van der Waals surface area (Å²) in [6, 6.07) is 7.41. The maximum atomic E-state index is 12.3. The molecule has 1 aromatic rings. The van der Waals surface area contributed by atoms with Crippen LogP contribution in [0, 0.1) is 11.3 Å². The Morgan fingerprint density at radius 2 is 2.00 bits per heavy atom. The van der Waals surface area contributed by atoms with Crippen LogP contribution in [0.25, 0.3) is 6.08 Å². The fraction of sp³-hybridized carbons (Fsp3) is 0.444. The highest BCUT2D eigenvalue weighted by Crippen LogP contribution is 2.26. The Labute approximate surface area is 136 Å². The molecule has 0 aliphatic heterocycles. The van der Waals surface area contributed by atoms with Gasteiger partial charge in [0.25, 0.3) is 5.91 Å². The lowest BCUT2D eigenvalue weighted by molar-refractivity contribution is -0.117. The van der Waals surface area contributed by atoms with Gasteiger partial charge in [0, 0.05) is 11.6 Å². The van der Waals surface area contributed by atoms with E-state index in [0.717, 1.165) is 25.7 Å². The molecular weight excluding hydrogens is 292 g/mol. The van der Waals surface area contributed by atoms with Gasteiger partial charge < -0.3 is 14.8 Å². The minimum atomic E-state index is -0.329. The van der Waals surface area contributed by atoms with E-state index in [-0.39, 0.29) is 17.5 Å². The van der Waals surface area contributed by atoms with Crippen molar-refractivity contribution in [3.63, 3.8) is 0 Å². The highest BCUT2D eigenvalue weighted by atomic mass is 16.5. The number of rotatable bonds is 5. The van der Waals surface area contributed by atoms with Crippen molar-refractivity contribution in [2.45, 2.75) is 38.1 Å². The van der Waals surface area contributed by atoms with E-state index >= 15 is 0 Å². The zero-order valence-corrected chi connectivity index (χ0v) is 13.6. The number of ether oxygens (including phenoxy) is 2. The van der Waals surface area contributed by atoms with E-state index in [1.165, 1.54) is 6.42 Å². The highest BCUT2D eigenvalue weighted by molar-refractivity contribution is 6.02. The zero-order chi connectivity index (χ0) is 16.7. The topological polar surface area (TPSA) is 71.3 Å². The molecule has 1 aromatic carbocycles. The van der Waals surface area contributed by atoms with Crippen LogP contribution >= 0.6 is 0 Å². The summed E-state index contributed by atoms with van der Waals surface area (Å²) in [7, 11) is 3.11. The predicted molar refractivity (Wildman–Crippen MR) is 88.2 cm³/mol. The molecule has 5 nitrogen and oxygen atoms in total. The van der Waals surface area contributed by atoms with Crippen LogP contribution in [0.1, 0.15) is 37.7 Å². The van der Waals surface area contributed by atoms with Crippen LogP contribution in [-0.4, -0.2) is 26.2 Å². The van der Waals surface area contributed by atoms with Gasteiger partial charge >= 0.3 is 0 Å². The van der Waals surface area contributed by atoms with E-state index < -0.39 is 0 Å². The van der Waals surface area contributed by atoms with E-state index in [9.17, 15) is 10.1 Å². The molecular formula is C18H22N2O3. The number of nitrogens with one attached hydrogen (secondary N) is 1. The third-order valence-electron chi connectivity index (χ3n) is 4.04. The molecule has 1 aliphatic rings. The number of nitrogens with zero attached hydrogens (tertiary/aromatic N) is 1. The SMILES string of the molecule is COc1ccc(OC)c(/C=C(\C#N)C(=O)NC2CCCCC2)c1. The number of hydrogen-bond acceptors (Lipinski definition) is 4. The number of hydrogen-bond donors (Lipinski definition) is 1. The van der Waals surface area contributed by atoms with Gasteiger partial charge in [0.15, 0.2) is 0 Å². The number of methoxy groups -OCH3 is 2. The average Bonchev–Trinajstić information content (AvgIpc) is 2.60. The average molecular weight is 314 g/mol. The first-order chi connectivity index (χ1) is 11.2. The normalized spacial score (nSPS) is 15.6. The van der Waals surface area contributed by atoms with Gasteiger partial charge in [-0.15, -0.1) is 0 Å². The minimum Gasteiger partial charge on any atom is -0.497 e. The standard InChI is InChI=1S/C18H22N2O3/c1-22-16-8-9-17(23-2)13(11-16)10-14(12-19)18(21)20-15-6-4-3-5-7-15/h8-11,15H,3-7H2,1-2H3,(H,20,21)/b14-10+. The van der Waals surface area contributed by atoms with Crippen LogP contribution in [0.2, 0.25) is 0 Å². The summed E-state index contributed by atoms with van der Waals surface area (Å²) in [5, 5.41) is 12.3. The van der Waals surface area contributed by atoms with E-state index in [1.807, 2.05) is 6.07 Å². The number of nitriles is 1. The zero-order valence-electron chi connectivity index (χ0n) is 13.6. The maximum absolute atomic E-state index is 12.3. The Hall–Kier alpha value is -2.48. The quantitative estimate of drug-likeness (QED) is 0.670. The largest absolute Gasteiger partial charge is 0.497 e. The molecule has 1 aliphatic carbocycles. The molecule has 23 heavy (non-hydrogen) atoms. The lowest BCUT2D eigenvalue weighted by Crippen LogP contribution is -2.36. The van der Waals surface area contributed by atoms with Crippen molar-refractivity contribution in [2.75, 3.05) is 14.2 Å². The van der Waals surface area contributed by atoms with Crippen molar-refractivity contribution in [1.29, 1.82) is 5.26 Å². The lowest BCUT2D eigenvalue weighted by atomic mass is 9.95. The van der Waals surface area contributed by atoms with Gasteiger partial charge in [-0.25, -0.2) is 0 Å². The van der Waals surface area contributed by atoms with E-state index in [2.05, 4.69) is 5.32 Å². The Balaban J connectivity index is 2.20. The van der Waals surface area contributed by atoms with Crippen molar-refractivity contribution in [1.82, 2.24) is 5.32 Å². The van der Waals surface area contributed by atoms with E-state index in [0.29, 0.717) is 17.1 Å². The predicted octanol–water partition coefficient (Wildman–Crippen LogP) is 3.06. The van der Waals surface area contributed by atoms with Crippen LogP contribution in [0.15, 0.2) is 23.8 Å². The number of carbonyl (C=O) groups excluding carboxylic acids is 1. The Morgan fingerprint density at radius 3 is 2.61 bits per heavy atom. The van der Waals surface area contributed by atoms with E-state index in [4.69, 9.17) is 9.47 Å². The van der Waals surface area contributed by atoms with Gasteiger partial charge in [-0.05, 0) is 37.1 Å². The van der Waals surface area contributed by atoms with Gasteiger partial charge in [0.2, 0.25) is 0 Å². The van der Waals surface area contributed by atoms with Gasteiger partial charge in [0.05, 0.1) is 14.2 Å². The summed E-state index contributed by atoms with van der Waals surface area (Å²) in [4.78, 5) is 12.3. The molecule has 0 spiro atoms.